The Bertz CT molecular complexity index is 2050. The van der Waals surface area contributed by atoms with Crippen molar-refractivity contribution in [3.8, 4) is 17.2 Å². The van der Waals surface area contributed by atoms with Crippen LogP contribution < -0.4 is 19.7 Å². The Kier molecular flexibility index (Phi) is 10.2. The van der Waals surface area contributed by atoms with Crippen LogP contribution in [0.4, 0.5) is 39.4 Å². The number of benzene rings is 2. The zero-order valence-corrected chi connectivity index (χ0v) is 26.4. The van der Waals surface area contributed by atoms with Gasteiger partial charge in [-0.15, -0.1) is 0 Å². The third-order valence-electron chi connectivity index (χ3n) is 7.39. The quantitative estimate of drug-likeness (QED) is 0.155. The lowest BCUT2D eigenvalue weighted by Gasteiger charge is -2.34. The molecule has 0 saturated carbocycles. The summed E-state index contributed by atoms with van der Waals surface area (Å²) in [5.41, 5.74) is 3.18. The number of amides is 1. The van der Waals surface area contributed by atoms with Crippen molar-refractivity contribution in [2.24, 2.45) is 0 Å². The number of nitrogens with one attached hydrogen (secondary N) is 1. The Morgan fingerprint density at radius 2 is 1.74 bits per heavy atom. The molecule has 0 radical (unpaired) electrons. The molecule has 3 aromatic heterocycles. The van der Waals surface area contributed by atoms with Crippen LogP contribution in [0.2, 0.25) is 0 Å². The molecule has 1 aliphatic heterocycles. The molecule has 19 heteroatoms. The van der Waals surface area contributed by atoms with E-state index >= 15 is 0 Å². The molecule has 262 valence electrons. The molecule has 0 spiro atoms. The average Bonchev–Trinajstić information content (AvgIpc) is 3.53. The number of hydrogen-bond acceptors (Lipinski definition) is 11. The molecule has 1 saturated heterocycles. The number of halogens is 5. The summed E-state index contributed by atoms with van der Waals surface area (Å²) in [5, 5.41) is 10.4. The number of hydrogen-bond donors (Lipinski definition) is 2. The maximum atomic E-state index is 13.2. The van der Waals surface area contributed by atoms with Gasteiger partial charge in [0.15, 0.2) is 5.82 Å². The van der Waals surface area contributed by atoms with E-state index in [0.717, 1.165) is 16.5 Å². The Morgan fingerprint density at radius 3 is 2.38 bits per heavy atom. The molecule has 5 aromatic rings. The minimum Gasteiger partial charge on any atom is -0.494 e. The number of fused-ring (bicyclic) bond motifs is 2. The number of aryl methyl sites for hydroxylation is 1. The highest BCUT2D eigenvalue weighted by atomic mass is 19.4. The molecule has 14 nitrogen and oxygen atoms in total. The van der Waals surface area contributed by atoms with Crippen LogP contribution in [0.3, 0.4) is 0 Å². The van der Waals surface area contributed by atoms with E-state index in [1.807, 2.05) is 17.9 Å². The summed E-state index contributed by atoms with van der Waals surface area (Å²) in [6.45, 7) is 4.99. The number of rotatable bonds is 8. The minimum atomic E-state index is -5.08. The maximum Gasteiger partial charge on any atom is 0.490 e. The van der Waals surface area contributed by atoms with Gasteiger partial charge < -0.3 is 29.7 Å². The van der Waals surface area contributed by atoms with E-state index in [-0.39, 0.29) is 5.91 Å². The summed E-state index contributed by atoms with van der Waals surface area (Å²) in [6, 6.07) is 8.34. The number of carboxylic acids is 1. The van der Waals surface area contributed by atoms with E-state index < -0.39 is 18.7 Å². The van der Waals surface area contributed by atoms with Crippen molar-refractivity contribution in [3.63, 3.8) is 0 Å². The third kappa shape index (κ3) is 7.77. The number of carbonyl (C=O) groups excluding carboxylic acids is 1. The molecule has 0 aliphatic carbocycles. The first-order valence-corrected chi connectivity index (χ1v) is 14.6. The Balaban J connectivity index is 0.000000630. The molecule has 1 fully saturated rings. The second-order valence-electron chi connectivity index (χ2n) is 10.6. The van der Waals surface area contributed by atoms with E-state index in [9.17, 15) is 26.7 Å². The van der Waals surface area contributed by atoms with Gasteiger partial charge in [0, 0.05) is 38.3 Å². The fourth-order valence-corrected chi connectivity index (χ4v) is 4.88. The monoisotopic (exact) mass is 701 g/mol. The lowest BCUT2D eigenvalue weighted by Crippen LogP contribution is -2.48. The van der Waals surface area contributed by atoms with Crippen LogP contribution >= 0.6 is 0 Å². The molecule has 0 unspecified atom stereocenters. The summed E-state index contributed by atoms with van der Waals surface area (Å²) in [4.78, 5) is 46.6. The fraction of sp³-hybridized carbons (Fsp3) is 0.258. The van der Waals surface area contributed by atoms with Crippen LogP contribution in [-0.2, 0) is 9.59 Å². The van der Waals surface area contributed by atoms with Crippen LogP contribution in [0.25, 0.3) is 22.1 Å². The molecule has 2 aromatic carbocycles. The van der Waals surface area contributed by atoms with E-state index in [1.54, 1.807) is 35.4 Å². The van der Waals surface area contributed by atoms with Gasteiger partial charge in [0.05, 0.1) is 30.0 Å². The summed E-state index contributed by atoms with van der Waals surface area (Å²) in [7, 11) is 1.54. The highest BCUT2D eigenvalue weighted by Gasteiger charge is 2.38. The minimum absolute atomic E-state index is 0.0951. The van der Waals surface area contributed by atoms with Gasteiger partial charge in [-0.05, 0) is 36.8 Å². The Morgan fingerprint density at radius 1 is 1.02 bits per heavy atom. The summed E-state index contributed by atoms with van der Waals surface area (Å²) in [6.07, 6.45) is 0.409. The zero-order valence-electron chi connectivity index (χ0n) is 26.4. The number of aliphatic carboxylic acids is 1. The van der Waals surface area contributed by atoms with Crippen molar-refractivity contribution in [3.05, 3.63) is 67.4 Å². The fourth-order valence-electron chi connectivity index (χ4n) is 4.88. The van der Waals surface area contributed by atoms with E-state index in [1.165, 1.54) is 19.5 Å². The van der Waals surface area contributed by atoms with Crippen LogP contribution in [0.5, 0.6) is 17.2 Å². The number of aromatic nitrogens is 6. The Hall–Kier alpha value is -6.14. The van der Waals surface area contributed by atoms with Crippen LogP contribution in [0.15, 0.2) is 61.8 Å². The van der Waals surface area contributed by atoms with Crippen molar-refractivity contribution in [2.75, 3.05) is 43.5 Å². The molecular formula is C31H28F5N9O5. The standard InChI is InChI=1S/C29H27F2N9O3.C2HF3O2/c1-4-25(41)38-7-9-39(10-8-38)29-32-14-21-26(37-29)27(34-15-33-21)36-20-11-17(2)23(13-24(20)42-3)43-18-5-6-22-19(12-18)35-16-40(22)28(30)31;3-2(4,5)1(6)7/h4-6,11-16,28H,1,7-10H2,2-3H3,(H,33,34,36);(H,6,7). The van der Waals surface area contributed by atoms with Crippen molar-refractivity contribution in [2.45, 2.75) is 19.6 Å². The molecule has 50 heavy (non-hydrogen) atoms. The number of imidazole rings is 1. The first-order chi connectivity index (χ1) is 23.8. The largest absolute Gasteiger partial charge is 0.494 e. The van der Waals surface area contributed by atoms with Gasteiger partial charge in [0.1, 0.15) is 40.9 Å². The van der Waals surface area contributed by atoms with Crippen molar-refractivity contribution in [1.82, 2.24) is 34.4 Å². The van der Waals surface area contributed by atoms with E-state index in [0.29, 0.717) is 82.9 Å². The van der Waals surface area contributed by atoms with Gasteiger partial charge in [-0.25, -0.2) is 29.7 Å². The van der Waals surface area contributed by atoms with Gasteiger partial charge in [-0.1, -0.05) is 6.58 Å². The molecular weight excluding hydrogens is 673 g/mol. The number of carbonyl (C=O) groups is 2. The highest BCUT2D eigenvalue weighted by molar-refractivity contribution is 5.89. The van der Waals surface area contributed by atoms with Crippen LogP contribution in [-0.4, -0.2) is 90.8 Å². The van der Waals surface area contributed by atoms with Gasteiger partial charge in [-0.2, -0.15) is 22.0 Å². The zero-order chi connectivity index (χ0) is 36.2. The number of ether oxygens (including phenoxy) is 2. The first-order valence-electron chi connectivity index (χ1n) is 14.6. The van der Waals surface area contributed by atoms with Crippen LogP contribution in [0, 0.1) is 6.92 Å². The SMILES string of the molecule is C=CC(=O)N1CCN(c2ncc3ncnc(Nc4cc(C)c(Oc5ccc6c(c5)ncn6C(F)F)cc4OC)c3n2)CC1.O=C(O)C(F)(F)F. The van der Waals surface area contributed by atoms with Crippen molar-refractivity contribution >= 4 is 51.4 Å². The predicted molar refractivity (Wildman–Crippen MR) is 170 cm³/mol. The summed E-state index contributed by atoms with van der Waals surface area (Å²) < 4.78 is 70.7. The summed E-state index contributed by atoms with van der Waals surface area (Å²) in [5.74, 6) is -0.443. The van der Waals surface area contributed by atoms with Crippen LogP contribution in [0.1, 0.15) is 12.1 Å². The normalized spacial score (nSPS) is 13.2. The number of nitrogens with zero attached hydrogens (tertiary/aromatic N) is 8. The first kappa shape index (κ1) is 35.2. The van der Waals surface area contributed by atoms with Crippen molar-refractivity contribution < 1.29 is 46.1 Å². The lowest BCUT2D eigenvalue weighted by molar-refractivity contribution is -0.192. The molecule has 4 heterocycles. The lowest BCUT2D eigenvalue weighted by atomic mass is 10.1. The second-order valence-corrected chi connectivity index (χ2v) is 10.6. The summed E-state index contributed by atoms with van der Waals surface area (Å²) >= 11 is 0. The molecule has 1 amide bonds. The number of alkyl halides is 5. The third-order valence-corrected chi connectivity index (χ3v) is 7.39. The maximum absolute atomic E-state index is 13.2. The molecule has 0 bridgehead atoms. The number of piperazine rings is 1. The van der Waals surface area contributed by atoms with Gasteiger partial charge in [0.25, 0.3) is 0 Å². The highest BCUT2D eigenvalue weighted by Crippen LogP contribution is 2.38. The predicted octanol–water partition coefficient (Wildman–Crippen LogP) is 5.49. The van der Waals surface area contributed by atoms with Gasteiger partial charge in [-0.3, -0.25) is 9.36 Å². The second kappa shape index (κ2) is 14.5. The average molecular weight is 702 g/mol. The van der Waals surface area contributed by atoms with Crippen molar-refractivity contribution in [1.29, 1.82) is 0 Å². The van der Waals surface area contributed by atoms with Gasteiger partial charge >= 0.3 is 18.7 Å². The number of anilines is 3. The smallest absolute Gasteiger partial charge is 0.490 e. The van der Waals surface area contributed by atoms with E-state index in [4.69, 9.17) is 24.4 Å². The Labute approximate surface area is 279 Å². The topological polar surface area (TPSA) is 161 Å². The van der Waals surface area contributed by atoms with Gasteiger partial charge in [0.2, 0.25) is 11.9 Å². The van der Waals surface area contributed by atoms with E-state index in [2.05, 4.69) is 31.8 Å². The molecule has 0 atom stereocenters. The number of carboxylic acid groups (broad SMARTS) is 1. The molecule has 1 aliphatic rings. The number of methoxy groups -OCH3 is 1. The molecule has 6 rings (SSSR count). The molecule has 2 N–H and O–H groups in total.